The number of nitrogens with one attached hydrogen (secondary N) is 2. The molecular formula is C15H25N3O3S. The molecule has 0 aromatic heterocycles. The van der Waals surface area contributed by atoms with Crippen LogP contribution < -0.4 is 10.6 Å². The fourth-order valence-electron chi connectivity index (χ4n) is 1.63. The van der Waals surface area contributed by atoms with Gasteiger partial charge in [-0.2, -0.15) is 0 Å². The minimum absolute atomic E-state index is 0.283. The summed E-state index contributed by atoms with van der Waals surface area (Å²) in [7, 11) is 0.210. The van der Waals surface area contributed by atoms with E-state index in [2.05, 4.69) is 15.6 Å². The standard InChI is InChI=1S/C15H25N3O3S/c1-15(2,21-4)11-18-14(16-3)17-10-12-6-8-13(9-7-12)22(5,19)20/h6-9H,10-11H2,1-5H3,(H2,16,17,18). The average molecular weight is 327 g/mol. The maximum atomic E-state index is 11.4. The molecule has 1 aromatic rings. The normalized spacial score (nSPS) is 13.0. The molecule has 0 atom stereocenters. The first-order valence-electron chi connectivity index (χ1n) is 6.96. The maximum absolute atomic E-state index is 11.4. The van der Waals surface area contributed by atoms with Gasteiger partial charge in [-0.05, 0) is 31.5 Å². The van der Waals surface area contributed by atoms with Gasteiger partial charge in [0, 0.05) is 33.5 Å². The van der Waals surface area contributed by atoms with E-state index in [1.807, 2.05) is 13.8 Å². The number of benzene rings is 1. The quantitative estimate of drug-likeness (QED) is 0.606. The molecule has 0 saturated carbocycles. The Morgan fingerprint density at radius 3 is 2.27 bits per heavy atom. The van der Waals surface area contributed by atoms with Crippen molar-refractivity contribution in [1.82, 2.24) is 10.6 Å². The van der Waals surface area contributed by atoms with E-state index >= 15 is 0 Å². The number of aliphatic imine (C=N–C) groups is 1. The zero-order valence-corrected chi connectivity index (χ0v) is 14.6. The fraction of sp³-hybridized carbons (Fsp3) is 0.533. The summed E-state index contributed by atoms with van der Waals surface area (Å²) in [6.45, 7) is 5.14. The molecule has 1 rings (SSSR count). The van der Waals surface area contributed by atoms with Gasteiger partial charge in [0.2, 0.25) is 0 Å². The predicted molar refractivity (Wildman–Crippen MR) is 88.8 cm³/mol. The van der Waals surface area contributed by atoms with E-state index in [0.29, 0.717) is 23.9 Å². The molecule has 0 heterocycles. The van der Waals surface area contributed by atoms with Gasteiger partial charge in [-0.15, -0.1) is 0 Å². The van der Waals surface area contributed by atoms with Crippen LogP contribution in [0.4, 0.5) is 0 Å². The first-order valence-corrected chi connectivity index (χ1v) is 8.86. The highest BCUT2D eigenvalue weighted by molar-refractivity contribution is 7.90. The molecule has 22 heavy (non-hydrogen) atoms. The summed E-state index contributed by atoms with van der Waals surface area (Å²) in [5, 5.41) is 6.36. The summed E-state index contributed by atoms with van der Waals surface area (Å²) >= 11 is 0. The van der Waals surface area contributed by atoms with Gasteiger partial charge in [0.25, 0.3) is 0 Å². The molecule has 0 bridgehead atoms. The van der Waals surface area contributed by atoms with E-state index in [1.165, 1.54) is 6.26 Å². The number of guanidine groups is 1. The first-order chi connectivity index (χ1) is 10.2. The van der Waals surface area contributed by atoms with Crippen molar-refractivity contribution in [3.05, 3.63) is 29.8 Å². The topological polar surface area (TPSA) is 79.8 Å². The zero-order valence-electron chi connectivity index (χ0n) is 13.8. The Bertz CT molecular complexity index is 607. The SMILES string of the molecule is CN=C(NCc1ccc(S(C)(=O)=O)cc1)NCC(C)(C)OC. The van der Waals surface area contributed by atoms with Gasteiger partial charge >= 0.3 is 0 Å². The molecule has 0 aliphatic rings. The van der Waals surface area contributed by atoms with Crippen molar-refractivity contribution in [3.63, 3.8) is 0 Å². The van der Waals surface area contributed by atoms with E-state index in [1.54, 1.807) is 38.4 Å². The Hall–Kier alpha value is -1.60. The van der Waals surface area contributed by atoms with Crippen molar-refractivity contribution in [1.29, 1.82) is 0 Å². The lowest BCUT2D eigenvalue weighted by atomic mass is 10.1. The molecule has 0 saturated heterocycles. The molecule has 7 heteroatoms. The molecule has 0 unspecified atom stereocenters. The van der Waals surface area contributed by atoms with Gasteiger partial charge < -0.3 is 15.4 Å². The monoisotopic (exact) mass is 327 g/mol. The van der Waals surface area contributed by atoms with Crippen molar-refractivity contribution in [2.75, 3.05) is 27.0 Å². The van der Waals surface area contributed by atoms with E-state index in [0.717, 1.165) is 5.56 Å². The number of hydrogen-bond donors (Lipinski definition) is 2. The third kappa shape index (κ3) is 6.03. The summed E-state index contributed by atoms with van der Waals surface area (Å²) in [6.07, 6.45) is 1.20. The molecule has 6 nitrogen and oxygen atoms in total. The van der Waals surface area contributed by atoms with Crippen LogP contribution in [0.15, 0.2) is 34.2 Å². The Kier molecular flexibility index (Phi) is 6.37. The van der Waals surface area contributed by atoms with Crippen LogP contribution in [0.1, 0.15) is 19.4 Å². The number of methoxy groups -OCH3 is 1. The molecule has 0 aliphatic carbocycles. The summed E-state index contributed by atoms with van der Waals surface area (Å²) in [4.78, 5) is 4.46. The number of nitrogens with zero attached hydrogens (tertiary/aromatic N) is 1. The molecule has 0 amide bonds. The highest BCUT2D eigenvalue weighted by Crippen LogP contribution is 2.10. The van der Waals surface area contributed by atoms with E-state index in [9.17, 15) is 8.42 Å². The van der Waals surface area contributed by atoms with Crippen LogP contribution in [0, 0.1) is 0 Å². The Morgan fingerprint density at radius 2 is 1.82 bits per heavy atom. The van der Waals surface area contributed by atoms with Crippen LogP contribution in [0.3, 0.4) is 0 Å². The van der Waals surface area contributed by atoms with E-state index < -0.39 is 9.84 Å². The molecule has 0 fully saturated rings. The fourth-order valence-corrected chi connectivity index (χ4v) is 2.26. The van der Waals surface area contributed by atoms with Crippen molar-refractivity contribution < 1.29 is 13.2 Å². The van der Waals surface area contributed by atoms with Crippen LogP contribution >= 0.6 is 0 Å². The van der Waals surface area contributed by atoms with Crippen LogP contribution in [0.25, 0.3) is 0 Å². The van der Waals surface area contributed by atoms with Gasteiger partial charge in [0.15, 0.2) is 15.8 Å². The van der Waals surface area contributed by atoms with Crippen molar-refractivity contribution in [2.45, 2.75) is 30.9 Å². The summed E-state index contributed by atoms with van der Waals surface area (Å²) < 4.78 is 28.2. The van der Waals surface area contributed by atoms with E-state index in [-0.39, 0.29) is 5.60 Å². The van der Waals surface area contributed by atoms with Gasteiger partial charge in [-0.1, -0.05) is 12.1 Å². The number of rotatable bonds is 6. The first kappa shape index (κ1) is 18.4. The van der Waals surface area contributed by atoms with Crippen LogP contribution in [0.2, 0.25) is 0 Å². The Morgan fingerprint density at radius 1 is 1.23 bits per heavy atom. The minimum atomic E-state index is -3.15. The van der Waals surface area contributed by atoms with Crippen LogP contribution in [-0.4, -0.2) is 46.9 Å². The molecule has 0 spiro atoms. The van der Waals surface area contributed by atoms with Crippen LogP contribution in [-0.2, 0) is 21.1 Å². The average Bonchev–Trinajstić information content (AvgIpc) is 2.47. The summed E-state index contributed by atoms with van der Waals surface area (Å²) in [6, 6.07) is 6.79. The third-order valence-electron chi connectivity index (χ3n) is 3.27. The van der Waals surface area contributed by atoms with E-state index in [4.69, 9.17) is 4.74 Å². The Balaban J connectivity index is 2.57. The van der Waals surface area contributed by atoms with Crippen molar-refractivity contribution >= 4 is 15.8 Å². The maximum Gasteiger partial charge on any atom is 0.191 e. The summed E-state index contributed by atoms with van der Waals surface area (Å²) in [5.41, 5.74) is 0.690. The highest BCUT2D eigenvalue weighted by Gasteiger charge is 2.16. The van der Waals surface area contributed by atoms with Crippen molar-refractivity contribution in [3.8, 4) is 0 Å². The number of ether oxygens (including phenoxy) is 1. The smallest absolute Gasteiger partial charge is 0.191 e. The van der Waals surface area contributed by atoms with Gasteiger partial charge in [-0.25, -0.2) is 8.42 Å². The van der Waals surface area contributed by atoms with Crippen molar-refractivity contribution in [2.24, 2.45) is 4.99 Å². The molecular weight excluding hydrogens is 302 g/mol. The minimum Gasteiger partial charge on any atom is -0.377 e. The molecule has 124 valence electrons. The molecule has 0 aliphatic heterocycles. The Labute approximate surface area is 132 Å². The van der Waals surface area contributed by atoms with Gasteiger partial charge in [-0.3, -0.25) is 4.99 Å². The largest absolute Gasteiger partial charge is 0.377 e. The highest BCUT2D eigenvalue weighted by atomic mass is 32.2. The second-order valence-electron chi connectivity index (χ2n) is 5.66. The molecule has 0 radical (unpaired) electrons. The summed E-state index contributed by atoms with van der Waals surface area (Å²) in [5.74, 6) is 0.664. The molecule has 1 aromatic carbocycles. The lowest BCUT2D eigenvalue weighted by molar-refractivity contribution is 0.0268. The number of hydrogen-bond acceptors (Lipinski definition) is 4. The lowest BCUT2D eigenvalue weighted by Crippen LogP contribution is -2.45. The lowest BCUT2D eigenvalue weighted by Gasteiger charge is -2.24. The second-order valence-corrected chi connectivity index (χ2v) is 7.67. The molecule has 2 N–H and O–H groups in total. The third-order valence-corrected chi connectivity index (χ3v) is 4.40. The number of sulfone groups is 1. The van der Waals surface area contributed by atoms with Gasteiger partial charge in [0.1, 0.15) is 0 Å². The zero-order chi connectivity index (χ0) is 16.8. The van der Waals surface area contributed by atoms with Crippen LogP contribution in [0.5, 0.6) is 0 Å². The second kappa shape index (κ2) is 7.60. The van der Waals surface area contributed by atoms with Gasteiger partial charge in [0.05, 0.1) is 10.5 Å². The predicted octanol–water partition coefficient (Wildman–Crippen LogP) is 1.18.